The van der Waals surface area contributed by atoms with E-state index in [0.717, 1.165) is 61.3 Å². The molecule has 302 valence electrons. The van der Waals surface area contributed by atoms with Crippen molar-refractivity contribution in [2.24, 2.45) is 0 Å². The molecule has 3 heteroatoms. The van der Waals surface area contributed by atoms with Gasteiger partial charge in [0.1, 0.15) is 11.2 Å². The van der Waals surface area contributed by atoms with Gasteiger partial charge in [0, 0.05) is 49.9 Å². The average Bonchev–Trinajstić information content (AvgIpc) is 3.97. The molecule has 0 N–H and O–H groups in total. The summed E-state index contributed by atoms with van der Waals surface area (Å²) < 4.78 is 9.37. The van der Waals surface area contributed by atoms with E-state index in [0.29, 0.717) is 0 Å². The summed E-state index contributed by atoms with van der Waals surface area (Å²) in [5, 5.41) is 7.08. The molecule has 0 atom stereocenters. The molecular weight excluding hydrogens is 777 g/mol. The average molecular weight is 819 g/mol. The van der Waals surface area contributed by atoms with Crippen LogP contribution in [0, 0.1) is 0 Å². The molecule has 0 aliphatic heterocycles. The Morgan fingerprint density at radius 1 is 0.422 bits per heavy atom. The topological polar surface area (TPSA) is 21.3 Å². The standard InChI is InChI=1S/C61H42N2O/c1-61(2)54-21-11-8-18-48(54)49-35-34-47(37-55(49)61)62(44-29-24-41(25-30-44)39-14-4-3-5-15-39)45-31-27-42(28-32-45)52-38-53-50-19-9-12-22-56(50)63(46-33-26-40-16-6-7-17-43(40)36-46)59(53)58-51-20-10-13-23-57(51)64-60(52)58/h3-38H,1-2H3. The number of para-hydroxylation sites is 2. The molecule has 0 unspecified atom stereocenters. The van der Waals surface area contributed by atoms with Gasteiger partial charge in [0.2, 0.25) is 0 Å². The van der Waals surface area contributed by atoms with Gasteiger partial charge in [-0.05, 0) is 116 Å². The van der Waals surface area contributed by atoms with Gasteiger partial charge in [-0.1, -0.05) is 166 Å². The van der Waals surface area contributed by atoms with Crippen LogP contribution in [-0.4, -0.2) is 4.57 Å². The molecule has 0 amide bonds. The third-order valence-corrected chi connectivity index (χ3v) is 13.8. The highest BCUT2D eigenvalue weighted by Crippen LogP contribution is 2.51. The Hall–Kier alpha value is -8.14. The van der Waals surface area contributed by atoms with Crippen molar-refractivity contribution in [2.75, 3.05) is 4.90 Å². The van der Waals surface area contributed by atoms with Crippen LogP contribution in [0.4, 0.5) is 17.1 Å². The fourth-order valence-corrected chi connectivity index (χ4v) is 10.6. The van der Waals surface area contributed by atoms with E-state index in [-0.39, 0.29) is 5.41 Å². The monoisotopic (exact) mass is 818 g/mol. The van der Waals surface area contributed by atoms with Crippen LogP contribution in [0.25, 0.3) is 93.6 Å². The second-order valence-corrected chi connectivity index (χ2v) is 17.7. The molecule has 1 aliphatic carbocycles. The largest absolute Gasteiger partial charge is 0.455 e. The van der Waals surface area contributed by atoms with Crippen LogP contribution in [0.15, 0.2) is 223 Å². The van der Waals surface area contributed by atoms with Crippen molar-refractivity contribution in [1.82, 2.24) is 4.57 Å². The van der Waals surface area contributed by atoms with Gasteiger partial charge in [0.25, 0.3) is 0 Å². The second kappa shape index (κ2) is 13.9. The fraction of sp³-hybridized carbons (Fsp3) is 0.0492. The van der Waals surface area contributed by atoms with E-state index in [1.807, 2.05) is 0 Å². The molecule has 0 fully saturated rings. The highest BCUT2D eigenvalue weighted by Gasteiger charge is 2.36. The van der Waals surface area contributed by atoms with Crippen molar-refractivity contribution in [3.05, 3.63) is 230 Å². The van der Waals surface area contributed by atoms with Gasteiger partial charge in [0.05, 0.1) is 16.4 Å². The lowest BCUT2D eigenvalue weighted by Crippen LogP contribution is -2.16. The molecule has 64 heavy (non-hydrogen) atoms. The molecule has 0 saturated carbocycles. The van der Waals surface area contributed by atoms with Crippen molar-refractivity contribution >= 4 is 71.6 Å². The maximum atomic E-state index is 6.93. The molecular formula is C61H42N2O. The number of hydrogen-bond donors (Lipinski definition) is 0. The van der Waals surface area contributed by atoms with Crippen molar-refractivity contribution in [1.29, 1.82) is 0 Å². The molecule has 2 aromatic heterocycles. The van der Waals surface area contributed by atoms with Crippen LogP contribution >= 0.6 is 0 Å². The van der Waals surface area contributed by atoms with Crippen LogP contribution in [0.5, 0.6) is 0 Å². The first-order valence-corrected chi connectivity index (χ1v) is 22.2. The molecule has 10 aromatic carbocycles. The molecule has 2 heterocycles. The Labute approximate surface area is 371 Å². The van der Waals surface area contributed by atoms with Crippen LogP contribution in [0.3, 0.4) is 0 Å². The van der Waals surface area contributed by atoms with Gasteiger partial charge >= 0.3 is 0 Å². The van der Waals surface area contributed by atoms with Gasteiger partial charge < -0.3 is 13.9 Å². The van der Waals surface area contributed by atoms with E-state index in [1.165, 1.54) is 60.4 Å². The Bertz CT molecular complexity index is 3800. The number of rotatable bonds is 6. The fourth-order valence-electron chi connectivity index (χ4n) is 10.6. The predicted octanol–water partition coefficient (Wildman–Crippen LogP) is 16.9. The maximum absolute atomic E-state index is 6.93. The number of hydrogen-bond acceptors (Lipinski definition) is 2. The number of nitrogens with zero attached hydrogens (tertiary/aromatic N) is 2. The quantitative estimate of drug-likeness (QED) is 0.167. The van der Waals surface area contributed by atoms with E-state index in [9.17, 15) is 0 Å². The van der Waals surface area contributed by atoms with Crippen LogP contribution in [-0.2, 0) is 5.41 Å². The minimum absolute atomic E-state index is 0.122. The van der Waals surface area contributed by atoms with Crippen molar-refractivity contribution in [3.8, 4) is 39.1 Å². The first-order valence-electron chi connectivity index (χ1n) is 22.2. The number of furan rings is 1. The summed E-state index contributed by atoms with van der Waals surface area (Å²) in [4.78, 5) is 2.40. The zero-order chi connectivity index (χ0) is 42.5. The van der Waals surface area contributed by atoms with E-state index in [4.69, 9.17) is 4.42 Å². The van der Waals surface area contributed by atoms with E-state index in [1.54, 1.807) is 0 Å². The summed E-state index contributed by atoms with van der Waals surface area (Å²) in [6, 6.07) is 79.5. The molecule has 13 rings (SSSR count). The number of anilines is 3. The maximum Gasteiger partial charge on any atom is 0.145 e. The zero-order valence-corrected chi connectivity index (χ0v) is 35.6. The summed E-state index contributed by atoms with van der Waals surface area (Å²) >= 11 is 0. The highest BCUT2D eigenvalue weighted by atomic mass is 16.3. The molecule has 12 aromatic rings. The Morgan fingerprint density at radius 3 is 1.86 bits per heavy atom. The van der Waals surface area contributed by atoms with Crippen molar-refractivity contribution in [2.45, 2.75) is 19.3 Å². The summed E-state index contributed by atoms with van der Waals surface area (Å²) in [6.45, 7) is 4.70. The minimum Gasteiger partial charge on any atom is -0.455 e. The third-order valence-electron chi connectivity index (χ3n) is 13.8. The van der Waals surface area contributed by atoms with E-state index >= 15 is 0 Å². The Kier molecular flexibility index (Phi) is 7.95. The SMILES string of the molecule is CC1(C)c2ccccc2-c2ccc(N(c3ccc(-c4ccccc4)cc3)c3ccc(-c4cc5c6ccccc6n(-c6ccc7ccccc7c6)c5c5c4oc4ccccc45)cc3)cc21. The molecule has 0 radical (unpaired) electrons. The van der Waals surface area contributed by atoms with E-state index in [2.05, 4.69) is 242 Å². The molecule has 0 spiro atoms. The molecule has 1 aliphatic rings. The lowest BCUT2D eigenvalue weighted by Gasteiger charge is -2.28. The summed E-state index contributed by atoms with van der Waals surface area (Å²) in [7, 11) is 0. The van der Waals surface area contributed by atoms with Crippen molar-refractivity contribution in [3.63, 3.8) is 0 Å². The van der Waals surface area contributed by atoms with Gasteiger partial charge in [-0.15, -0.1) is 0 Å². The minimum atomic E-state index is -0.122. The van der Waals surface area contributed by atoms with Gasteiger partial charge in [0.15, 0.2) is 0 Å². The molecule has 0 bridgehead atoms. The Morgan fingerprint density at radius 2 is 1.05 bits per heavy atom. The summed E-state index contributed by atoms with van der Waals surface area (Å²) in [5.74, 6) is 0. The highest BCUT2D eigenvalue weighted by molar-refractivity contribution is 6.27. The smallest absolute Gasteiger partial charge is 0.145 e. The molecule has 0 saturated heterocycles. The van der Waals surface area contributed by atoms with Gasteiger partial charge in [-0.3, -0.25) is 0 Å². The first kappa shape index (κ1) is 36.5. The summed E-state index contributed by atoms with van der Waals surface area (Å²) in [5.41, 5.74) is 18.3. The molecule has 3 nitrogen and oxygen atoms in total. The lowest BCUT2D eigenvalue weighted by molar-refractivity contribution is 0.660. The Balaban J connectivity index is 0.994. The number of benzene rings is 10. The normalized spacial score (nSPS) is 13.0. The number of aromatic nitrogens is 1. The third kappa shape index (κ3) is 5.47. The predicted molar refractivity (Wildman–Crippen MR) is 269 cm³/mol. The zero-order valence-electron chi connectivity index (χ0n) is 35.6. The van der Waals surface area contributed by atoms with Gasteiger partial charge in [-0.25, -0.2) is 0 Å². The van der Waals surface area contributed by atoms with Crippen LogP contribution < -0.4 is 4.90 Å². The lowest BCUT2D eigenvalue weighted by atomic mass is 9.82. The van der Waals surface area contributed by atoms with Crippen LogP contribution in [0.1, 0.15) is 25.0 Å². The number of fused-ring (bicyclic) bond motifs is 11. The first-order chi connectivity index (χ1) is 31.5. The van der Waals surface area contributed by atoms with Gasteiger partial charge in [-0.2, -0.15) is 0 Å². The summed E-state index contributed by atoms with van der Waals surface area (Å²) in [6.07, 6.45) is 0. The van der Waals surface area contributed by atoms with Crippen LogP contribution in [0.2, 0.25) is 0 Å². The second-order valence-electron chi connectivity index (χ2n) is 17.7. The van der Waals surface area contributed by atoms with Crippen molar-refractivity contribution < 1.29 is 4.42 Å². The van der Waals surface area contributed by atoms with E-state index < -0.39 is 0 Å².